The minimum atomic E-state index is -0.325. The van der Waals surface area contributed by atoms with Crippen molar-refractivity contribution in [3.8, 4) is 5.75 Å². The highest BCUT2D eigenvalue weighted by atomic mass is 79.9. The van der Waals surface area contributed by atoms with Crippen molar-refractivity contribution in [3.05, 3.63) is 76.4 Å². The summed E-state index contributed by atoms with van der Waals surface area (Å²) in [7, 11) is 0. The normalized spacial score (nSPS) is 11.4. The van der Waals surface area contributed by atoms with E-state index in [0.717, 1.165) is 37.4 Å². The fraction of sp³-hybridized carbons (Fsp3) is 0.0909. The van der Waals surface area contributed by atoms with Crippen LogP contribution >= 0.6 is 15.9 Å². The number of fused-ring (bicyclic) bond motifs is 2. The average molecular weight is 436 g/mol. The molecule has 0 aliphatic heterocycles. The van der Waals surface area contributed by atoms with Crippen LogP contribution in [0.4, 0.5) is 0 Å². The average Bonchev–Trinajstić information content (AvgIpc) is 3.03. The summed E-state index contributed by atoms with van der Waals surface area (Å²) in [6, 6.07) is 19.8. The highest BCUT2D eigenvalue weighted by Crippen LogP contribution is 2.32. The molecule has 140 valence electrons. The van der Waals surface area contributed by atoms with Crippen LogP contribution in [0.2, 0.25) is 0 Å². The van der Waals surface area contributed by atoms with Gasteiger partial charge >= 0.3 is 0 Å². The predicted octanol–water partition coefficient (Wildman–Crippen LogP) is 4.92. The van der Waals surface area contributed by atoms with Crippen LogP contribution in [0.3, 0.4) is 0 Å². The molecule has 0 aliphatic rings. The molecule has 1 amide bonds. The van der Waals surface area contributed by atoms with Gasteiger partial charge in [-0.05, 0) is 45.8 Å². The summed E-state index contributed by atoms with van der Waals surface area (Å²) in [4.78, 5) is 15.4. The number of nitrogens with zero attached hydrogens (tertiary/aromatic N) is 1. The van der Waals surface area contributed by atoms with Gasteiger partial charge in [0.2, 0.25) is 0 Å². The molecule has 0 radical (unpaired) electrons. The maximum atomic E-state index is 12.1. The zero-order valence-electron chi connectivity index (χ0n) is 15.2. The summed E-state index contributed by atoms with van der Waals surface area (Å²) < 4.78 is 6.48. The summed E-state index contributed by atoms with van der Waals surface area (Å²) in [5, 5.41) is 7.27. The lowest BCUT2D eigenvalue weighted by atomic mass is 10.1. The van der Waals surface area contributed by atoms with E-state index in [2.05, 4.69) is 31.4 Å². The number of carbonyl (C=O) groups excluding carboxylic acids is 1. The Morgan fingerprint density at radius 1 is 1.11 bits per heavy atom. The van der Waals surface area contributed by atoms with Gasteiger partial charge in [0.1, 0.15) is 5.75 Å². The molecule has 0 saturated carbocycles. The van der Waals surface area contributed by atoms with Crippen LogP contribution in [0, 0.1) is 6.92 Å². The number of hydrazone groups is 1. The molecule has 0 bridgehead atoms. The molecule has 3 aromatic carbocycles. The van der Waals surface area contributed by atoms with Crippen molar-refractivity contribution in [2.75, 3.05) is 6.61 Å². The number of ether oxygens (including phenoxy) is 1. The Morgan fingerprint density at radius 2 is 1.86 bits per heavy atom. The fourth-order valence-electron chi connectivity index (χ4n) is 3.13. The third kappa shape index (κ3) is 3.64. The molecule has 4 aromatic rings. The van der Waals surface area contributed by atoms with E-state index in [4.69, 9.17) is 4.74 Å². The largest absolute Gasteiger partial charge is 0.483 e. The van der Waals surface area contributed by atoms with Gasteiger partial charge in [-0.15, -0.1) is 0 Å². The second-order valence-corrected chi connectivity index (χ2v) is 7.18. The monoisotopic (exact) mass is 435 g/mol. The van der Waals surface area contributed by atoms with Gasteiger partial charge in [0, 0.05) is 22.2 Å². The maximum absolute atomic E-state index is 12.1. The summed E-state index contributed by atoms with van der Waals surface area (Å²) in [5.74, 6) is 0.291. The number of aromatic nitrogens is 1. The highest BCUT2D eigenvalue weighted by molar-refractivity contribution is 9.10. The van der Waals surface area contributed by atoms with Crippen LogP contribution in [0.1, 0.15) is 11.3 Å². The van der Waals surface area contributed by atoms with E-state index in [-0.39, 0.29) is 12.5 Å². The molecule has 1 aromatic heterocycles. The number of benzene rings is 3. The van der Waals surface area contributed by atoms with Crippen molar-refractivity contribution in [1.29, 1.82) is 0 Å². The quantitative estimate of drug-likeness (QED) is 0.345. The molecule has 5 nitrogen and oxygen atoms in total. The van der Waals surface area contributed by atoms with Crippen LogP contribution in [0.15, 0.2) is 70.2 Å². The van der Waals surface area contributed by atoms with E-state index in [9.17, 15) is 4.79 Å². The van der Waals surface area contributed by atoms with Gasteiger partial charge in [-0.25, -0.2) is 5.43 Å². The molecule has 1 heterocycles. The number of H-pyrrole nitrogens is 1. The topological polar surface area (TPSA) is 66.5 Å². The lowest BCUT2D eigenvalue weighted by molar-refractivity contribution is -0.123. The van der Waals surface area contributed by atoms with Crippen LogP contribution < -0.4 is 10.2 Å². The second kappa shape index (κ2) is 7.86. The van der Waals surface area contributed by atoms with Gasteiger partial charge in [-0.2, -0.15) is 5.10 Å². The minimum Gasteiger partial charge on any atom is -0.483 e. The lowest BCUT2D eigenvalue weighted by Gasteiger charge is -2.09. The Kier molecular flexibility index (Phi) is 5.12. The van der Waals surface area contributed by atoms with Crippen molar-refractivity contribution in [2.24, 2.45) is 5.10 Å². The Bertz CT molecular complexity index is 1200. The number of rotatable bonds is 5. The first-order valence-corrected chi connectivity index (χ1v) is 9.62. The number of hydrogen-bond acceptors (Lipinski definition) is 3. The van der Waals surface area contributed by atoms with Crippen molar-refractivity contribution >= 4 is 49.7 Å². The number of hydrogen-bond donors (Lipinski definition) is 2. The molecule has 0 fully saturated rings. The molecule has 28 heavy (non-hydrogen) atoms. The number of amides is 1. The number of halogens is 1. The number of aryl methyl sites for hydroxylation is 1. The van der Waals surface area contributed by atoms with Gasteiger partial charge in [0.05, 0.1) is 10.7 Å². The van der Waals surface area contributed by atoms with Crippen molar-refractivity contribution in [3.63, 3.8) is 0 Å². The highest BCUT2D eigenvalue weighted by Gasteiger charge is 2.09. The van der Waals surface area contributed by atoms with Gasteiger partial charge in [-0.1, -0.05) is 48.5 Å². The van der Waals surface area contributed by atoms with Crippen LogP contribution in [0.25, 0.3) is 21.7 Å². The Morgan fingerprint density at radius 3 is 2.71 bits per heavy atom. The Balaban J connectivity index is 1.40. The van der Waals surface area contributed by atoms with Gasteiger partial charge in [0.15, 0.2) is 6.61 Å². The number of carbonyl (C=O) groups is 1. The zero-order chi connectivity index (χ0) is 19.5. The molecule has 0 spiro atoms. The van der Waals surface area contributed by atoms with E-state index in [1.807, 2.05) is 67.6 Å². The summed E-state index contributed by atoms with van der Waals surface area (Å²) in [6.45, 7) is 1.85. The van der Waals surface area contributed by atoms with Crippen LogP contribution in [-0.2, 0) is 4.79 Å². The van der Waals surface area contributed by atoms with Crippen LogP contribution in [0.5, 0.6) is 5.75 Å². The molecule has 0 aliphatic carbocycles. The summed E-state index contributed by atoms with van der Waals surface area (Å²) >= 11 is 3.55. The van der Waals surface area contributed by atoms with Gasteiger partial charge in [0.25, 0.3) is 5.91 Å². The number of aromatic amines is 1. The van der Waals surface area contributed by atoms with Gasteiger partial charge in [-0.3, -0.25) is 4.79 Å². The SMILES string of the molecule is Cc1[nH]c2ccccc2c1/C=N/NC(=O)COc1ccc2ccccc2c1Br. The first kappa shape index (κ1) is 18.3. The second-order valence-electron chi connectivity index (χ2n) is 6.39. The van der Waals surface area contributed by atoms with Crippen molar-refractivity contribution in [2.45, 2.75) is 6.92 Å². The molecular weight excluding hydrogens is 418 g/mol. The predicted molar refractivity (Wildman–Crippen MR) is 116 cm³/mol. The van der Waals surface area contributed by atoms with E-state index >= 15 is 0 Å². The zero-order valence-corrected chi connectivity index (χ0v) is 16.8. The smallest absolute Gasteiger partial charge is 0.277 e. The number of para-hydroxylation sites is 1. The van der Waals surface area contributed by atoms with Crippen molar-refractivity contribution < 1.29 is 9.53 Å². The number of nitrogens with one attached hydrogen (secondary N) is 2. The molecule has 6 heteroatoms. The molecule has 0 saturated heterocycles. The van der Waals surface area contributed by atoms with E-state index < -0.39 is 0 Å². The first-order valence-electron chi connectivity index (χ1n) is 8.83. The summed E-state index contributed by atoms with van der Waals surface area (Å²) in [6.07, 6.45) is 1.65. The minimum absolute atomic E-state index is 0.124. The fourth-order valence-corrected chi connectivity index (χ4v) is 3.74. The Labute approximate surface area is 170 Å². The lowest BCUT2D eigenvalue weighted by Crippen LogP contribution is -2.24. The standard InChI is InChI=1S/C22H18BrN3O2/c1-14-18(17-8-4-5-9-19(17)25-14)12-24-26-21(27)13-28-20-11-10-15-6-2-3-7-16(15)22(20)23/h2-12,25H,13H2,1H3,(H,26,27)/b24-12+. The van der Waals surface area contributed by atoms with Crippen molar-refractivity contribution in [1.82, 2.24) is 10.4 Å². The third-order valence-corrected chi connectivity index (χ3v) is 5.33. The van der Waals surface area contributed by atoms with E-state index in [1.54, 1.807) is 6.21 Å². The maximum Gasteiger partial charge on any atom is 0.277 e. The Hall–Kier alpha value is -3.12. The van der Waals surface area contributed by atoms with E-state index in [0.29, 0.717) is 5.75 Å². The first-order chi connectivity index (χ1) is 13.6. The molecular formula is C22H18BrN3O2. The molecule has 0 unspecified atom stereocenters. The molecule has 0 atom stereocenters. The molecule has 4 rings (SSSR count). The summed E-state index contributed by atoms with van der Waals surface area (Å²) in [5.41, 5.74) is 5.50. The van der Waals surface area contributed by atoms with E-state index in [1.165, 1.54) is 0 Å². The third-order valence-electron chi connectivity index (χ3n) is 4.51. The molecule has 2 N–H and O–H groups in total. The van der Waals surface area contributed by atoms with Crippen LogP contribution in [-0.4, -0.2) is 23.7 Å². The van der Waals surface area contributed by atoms with Gasteiger partial charge < -0.3 is 9.72 Å².